The van der Waals surface area contributed by atoms with Crippen LogP contribution in [0.4, 0.5) is 0 Å². The number of primary sulfonamides is 1. The number of hydrogen-bond acceptors (Lipinski definition) is 4. The van der Waals surface area contributed by atoms with Gasteiger partial charge in [0.05, 0.1) is 10.9 Å². The first-order valence-corrected chi connectivity index (χ1v) is 7.04. The van der Waals surface area contributed by atoms with E-state index in [2.05, 4.69) is 5.32 Å². The van der Waals surface area contributed by atoms with E-state index in [1.54, 1.807) is 12.1 Å². The molecule has 0 spiro atoms. The smallest absolute Gasteiger partial charge is 0.238 e. The van der Waals surface area contributed by atoms with Crippen LogP contribution < -0.4 is 16.2 Å². The van der Waals surface area contributed by atoms with Crippen molar-refractivity contribution in [1.29, 1.82) is 0 Å². The van der Waals surface area contributed by atoms with Gasteiger partial charge in [0, 0.05) is 6.54 Å². The van der Waals surface area contributed by atoms with Crippen LogP contribution >= 0.6 is 0 Å². The molecular weight excluding hydrogens is 254 g/mol. The summed E-state index contributed by atoms with van der Waals surface area (Å²) in [5, 5.41) is 7.64. The summed E-state index contributed by atoms with van der Waals surface area (Å²) >= 11 is 0. The maximum absolute atomic E-state index is 11.4. The van der Waals surface area contributed by atoms with Crippen molar-refractivity contribution in [2.24, 2.45) is 10.9 Å². The Kier molecular flexibility index (Phi) is 4.83. The van der Waals surface area contributed by atoms with Crippen LogP contribution in [-0.2, 0) is 21.4 Å². The number of sulfonamides is 1. The van der Waals surface area contributed by atoms with E-state index < -0.39 is 16.1 Å². The highest BCUT2D eigenvalue weighted by Gasteiger charge is 2.10. The van der Waals surface area contributed by atoms with Crippen molar-refractivity contribution in [3.05, 3.63) is 29.8 Å². The standard InChI is InChI=1S/C11H17N3O3S/c1-2-10(12)11(15)14-7-8-3-5-9(6-4-8)18(13,16)17/h3-6,10H,2,7,12H2,1H3,(H,14,15)(H2,13,16,17). The Bertz CT molecular complexity index is 511. The SMILES string of the molecule is CCC(N)C(=O)NCc1ccc(S(N)(=O)=O)cc1. The fraction of sp³-hybridized carbons (Fsp3) is 0.364. The molecule has 0 radical (unpaired) electrons. The van der Waals surface area contributed by atoms with Gasteiger partial charge in [0.2, 0.25) is 15.9 Å². The molecule has 0 aliphatic heterocycles. The van der Waals surface area contributed by atoms with Crippen molar-refractivity contribution in [2.45, 2.75) is 30.8 Å². The zero-order chi connectivity index (χ0) is 13.8. The molecule has 1 aromatic rings. The first-order valence-electron chi connectivity index (χ1n) is 5.49. The largest absolute Gasteiger partial charge is 0.351 e. The summed E-state index contributed by atoms with van der Waals surface area (Å²) in [6.07, 6.45) is 0.566. The van der Waals surface area contributed by atoms with E-state index in [4.69, 9.17) is 10.9 Å². The molecule has 7 heteroatoms. The van der Waals surface area contributed by atoms with Gasteiger partial charge in [-0.1, -0.05) is 19.1 Å². The third-order valence-electron chi connectivity index (χ3n) is 2.50. The lowest BCUT2D eigenvalue weighted by Crippen LogP contribution is -2.39. The van der Waals surface area contributed by atoms with E-state index in [-0.39, 0.29) is 10.8 Å². The van der Waals surface area contributed by atoms with Gasteiger partial charge in [-0.05, 0) is 24.1 Å². The Balaban J connectivity index is 2.63. The third-order valence-corrected chi connectivity index (χ3v) is 3.42. The zero-order valence-corrected chi connectivity index (χ0v) is 10.9. The number of benzene rings is 1. The highest BCUT2D eigenvalue weighted by Crippen LogP contribution is 2.08. The van der Waals surface area contributed by atoms with Gasteiger partial charge in [-0.2, -0.15) is 0 Å². The number of carbonyl (C=O) groups is 1. The highest BCUT2D eigenvalue weighted by molar-refractivity contribution is 7.89. The molecule has 0 saturated carbocycles. The summed E-state index contributed by atoms with van der Waals surface area (Å²) in [6.45, 7) is 2.13. The molecule has 0 saturated heterocycles. The van der Waals surface area contributed by atoms with Crippen molar-refractivity contribution in [1.82, 2.24) is 5.32 Å². The molecule has 1 atom stereocenters. The summed E-state index contributed by atoms with van der Waals surface area (Å²) in [5.74, 6) is -0.229. The Morgan fingerprint density at radius 2 is 1.89 bits per heavy atom. The minimum atomic E-state index is -3.68. The van der Waals surface area contributed by atoms with Crippen LogP contribution in [-0.4, -0.2) is 20.4 Å². The molecule has 0 heterocycles. The number of carbonyl (C=O) groups excluding carboxylic acids is 1. The average Bonchev–Trinajstić information content (AvgIpc) is 2.34. The van der Waals surface area contributed by atoms with Gasteiger partial charge in [0.25, 0.3) is 0 Å². The topological polar surface area (TPSA) is 115 Å². The molecule has 100 valence electrons. The summed E-state index contributed by atoms with van der Waals surface area (Å²) in [7, 11) is -3.68. The van der Waals surface area contributed by atoms with Crippen LogP contribution in [0.25, 0.3) is 0 Å². The molecule has 6 nitrogen and oxygen atoms in total. The quantitative estimate of drug-likeness (QED) is 0.681. The number of amides is 1. The number of rotatable bonds is 5. The first-order chi connectivity index (χ1) is 8.34. The Morgan fingerprint density at radius 3 is 2.33 bits per heavy atom. The van der Waals surface area contributed by atoms with Crippen LogP contribution in [0.1, 0.15) is 18.9 Å². The molecule has 0 aromatic heterocycles. The van der Waals surface area contributed by atoms with Gasteiger partial charge in [-0.3, -0.25) is 4.79 Å². The van der Waals surface area contributed by atoms with Crippen LogP contribution in [0.2, 0.25) is 0 Å². The highest BCUT2D eigenvalue weighted by atomic mass is 32.2. The number of nitrogens with one attached hydrogen (secondary N) is 1. The molecule has 1 aromatic carbocycles. The molecule has 1 amide bonds. The van der Waals surface area contributed by atoms with Gasteiger partial charge >= 0.3 is 0 Å². The summed E-state index contributed by atoms with van der Waals surface area (Å²) in [4.78, 5) is 11.5. The molecule has 0 fully saturated rings. The molecule has 18 heavy (non-hydrogen) atoms. The van der Waals surface area contributed by atoms with E-state index >= 15 is 0 Å². The summed E-state index contributed by atoms with van der Waals surface area (Å²) in [6, 6.07) is 5.47. The monoisotopic (exact) mass is 271 g/mol. The lowest BCUT2D eigenvalue weighted by atomic mass is 10.2. The van der Waals surface area contributed by atoms with Crippen molar-refractivity contribution < 1.29 is 13.2 Å². The fourth-order valence-electron chi connectivity index (χ4n) is 1.30. The van der Waals surface area contributed by atoms with Crippen molar-refractivity contribution in [3.63, 3.8) is 0 Å². The van der Waals surface area contributed by atoms with Crippen LogP contribution in [0, 0.1) is 0 Å². The Morgan fingerprint density at radius 1 is 1.33 bits per heavy atom. The van der Waals surface area contributed by atoms with Crippen LogP contribution in [0.15, 0.2) is 29.2 Å². The second-order valence-electron chi connectivity index (χ2n) is 3.92. The predicted octanol–water partition coefficient (Wildman–Crippen LogP) is -0.312. The van der Waals surface area contributed by atoms with E-state index in [1.807, 2.05) is 6.92 Å². The molecule has 5 N–H and O–H groups in total. The van der Waals surface area contributed by atoms with E-state index in [9.17, 15) is 13.2 Å². The normalized spacial score (nSPS) is 13.1. The Hall–Kier alpha value is -1.44. The van der Waals surface area contributed by atoms with Crippen molar-refractivity contribution in [3.8, 4) is 0 Å². The van der Waals surface area contributed by atoms with Crippen molar-refractivity contribution >= 4 is 15.9 Å². The zero-order valence-electron chi connectivity index (χ0n) is 10.1. The molecule has 0 bridgehead atoms. The molecular formula is C11H17N3O3S. The second-order valence-corrected chi connectivity index (χ2v) is 5.48. The predicted molar refractivity (Wildman–Crippen MR) is 67.9 cm³/mol. The molecule has 0 aliphatic rings. The van der Waals surface area contributed by atoms with Crippen molar-refractivity contribution in [2.75, 3.05) is 0 Å². The molecule has 0 aliphatic carbocycles. The summed E-state index contributed by atoms with van der Waals surface area (Å²) < 4.78 is 22.1. The van der Waals surface area contributed by atoms with E-state index in [1.165, 1.54) is 12.1 Å². The average molecular weight is 271 g/mol. The fourth-order valence-corrected chi connectivity index (χ4v) is 1.82. The summed E-state index contributed by atoms with van der Waals surface area (Å²) in [5.41, 5.74) is 6.33. The Labute approximate surface area is 106 Å². The maximum Gasteiger partial charge on any atom is 0.238 e. The van der Waals surface area contributed by atoms with Crippen LogP contribution in [0.3, 0.4) is 0 Å². The number of nitrogens with two attached hydrogens (primary N) is 2. The van der Waals surface area contributed by atoms with Gasteiger partial charge in [0.1, 0.15) is 0 Å². The third kappa shape index (κ3) is 4.10. The second kappa shape index (κ2) is 5.94. The minimum absolute atomic E-state index is 0.0443. The van der Waals surface area contributed by atoms with Gasteiger partial charge in [0.15, 0.2) is 0 Å². The minimum Gasteiger partial charge on any atom is -0.351 e. The molecule has 1 rings (SSSR count). The van der Waals surface area contributed by atoms with E-state index in [0.29, 0.717) is 13.0 Å². The van der Waals surface area contributed by atoms with E-state index in [0.717, 1.165) is 5.56 Å². The van der Waals surface area contributed by atoms with Crippen LogP contribution in [0.5, 0.6) is 0 Å². The number of hydrogen-bond donors (Lipinski definition) is 3. The van der Waals surface area contributed by atoms with Gasteiger partial charge < -0.3 is 11.1 Å². The lowest BCUT2D eigenvalue weighted by molar-refractivity contribution is -0.122. The lowest BCUT2D eigenvalue weighted by Gasteiger charge is -2.10. The maximum atomic E-state index is 11.4. The first kappa shape index (κ1) is 14.6. The van der Waals surface area contributed by atoms with Gasteiger partial charge in [-0.15, -0.1) is 0 Å². The molecule has 1 unspecified atom stereocenters. The van der Waals surface area contributed by atoms with Gasteiger partial charge in [-0.25, -0.2) is 13.6 Å².